The highest BCUT2D eigenvalue weighted by molar-refractivity contribution is 6.34. The minimum Gasteiger partial charge on any atom is -0.323 e. The molecular formula is C14H16ClN3O. The fraction of sp³-hybridized carbons (Fsp3) is 0.286. The number of carbonyl (C=O) groups is 1. The maximum atomic E-state index is 12.2. The highest BCUT2D eigenvalue weighted by Crippen LogP contribution is 2.28. The van der Waals surface area contributed by atoms with Crippen LogP contribution in [0, 0.1) is 13.8 Å². The predicted molar refractivity (Wildman–Crippen MR) is 76.5 cm³/mol. The highest BCUT2D eigenvalue weighted by Gasteiger charge is 2.17. The Bertz CT molecular complexity index is 570. The number of nitrogens with one attached hydrogen (secondary N) is 1. The number of hydrogen-bond acceptors (Lipinski definition) is 2. The zero-order chi connectivity index (χ0) is 14.0. The van der Waals surface area contributed by atoms with Crippen LogP contribution in [0.5, 0.6) is 0 Å². The molecular weight excluding hydrogens is 262 g/mol. The number of aryl methyl sites for hydroxylation is 2. The van der Waals surface area contributed by atoms with E-state index in [1.807, 2.05) is 26.0 Å². The van der Waals surface area contributed by atoms with Gasteiger partial charge in [-0.15, -0.1) is 0 Å². The lowest BCUT2D eigenvalue weighted by Gasteiger charge is -2.15. The SMILES string of the molecule is Cc1cc(C)c(NC(=O)C(C)n2cccn2)c(Cl)c1. The van der Waals surface area contributed by atoms with Crippen molar-refractivity contribution in [1.29, 1.82) is 0 Å². The molecule has 4 nitrogen and oxygen atoms in total. The van der Waals surface area contributed by atoms with Crippen molar-refractivity contribution < 1.29 is 4.79 Å². The quantitative estimate of drug-likeness (QED) is 0.935. The Kier molecular flexibility index (Phi) is 3.90. The molecule has 0 saturated carbocycles. The predicted octanol–water partition coefficient (Wildman–Crippen LogP) is 3.35. The summed E-state index contributed by atoms with van der Waals surface area (Å²) in [7, 11) is 0. The molecule has 0 radical (unpaired) electrons. The Morgan fingerprint density at radius 1 is 1.42 bits per heavy atom. The van der Waals surface area contributed by atoms with Gasteiger partial charge in [-0.3, -0.25) is 9.48 Å². The van der Waals surface area contributed by atoms with Gasteiger partial charge in [0.1, 0.15) is 6.04 Å². The van der Waals surface area contributed by atoms with E-state index in [1.54, 1.807) is 30.1 Å². The van der Waals surface area contributed by atoms with Crippen molar-refractivity contribution in [1.82, 2.24) is 9.78 Å². The molecule has 0 saturated heterocycles. The minimum atomic E-state index is -0.383. The second kappa shape index (κ2) is 5.45. The molecule has 2 aromatic rings. The third-order valence-corrected chi connectivity index (χ3v) is 3.28. The molecule has 19 heavy (non-hydrogen) atoms. The second-order valence-electron chi connectivity index (χ2n) is 4.59. The van der Waals surface area contributed by atoms with Crippen molar-refractivity contribution >= 4 is 23.2 Å². The van der Waals surface area contributed by atoms with Crippen molar-refractivity contribution in [2.45, 2.75) is 26.8 Å². The molecule has 0 aliphatic carbocycles. The number of anilines is 1. The first-order valence-corrected chi connectivity index (χ1v) is 6.43. The zero-order valence-electron chi connectivity index (χ0n) is 11.1. The van der Waals surface area contributed by atoms with Gasteiger partial charge in [0.05, 0.1) is 10.7 Å². The van der Waals surface area contributed by atoms with E-state index in [1.165, 1.54) is 0 Å². The smallest absolute Gasteiger partial charge is 0.248 e. The number of aromatic nitrogens is 2. The molecule has 1 N–H and O–H groups in total. The topological polar surface area (TPSA) is 46.9 Å². The van der Waals surface area contributed by atoms with Gasteiger partial charge >= 0.3 is 0 Å². The van der Waals surface area contributed by atoms with Gasteiger partial charge in [0.2, 0.25) is 5.91 Å². The lowest BCUT2D eigenvalue weighted by Crippen LogP contribution is -2.24. The van der Waals surface area contributed by atoms with Crippen LogP contribution in [0.15, 0.2) is 30.6 Å². The van der Waals surface area contributed by atoms with Crippen LogP contribution in [0.3, 0.4) is 0 Å². The second-order valence-corrected chi connectivity index (χ2v) is 5.00. The summed E-state index contributed by atoms with van der Waals surface area (Å²) in [4.78, 5) is 12.2. The molecule has 0 aliphatic rings. The van der Waals surface area contributed by atoms with Gasteiger partial charge in [-0.2, -0.15) is 5.10 Å². The maximum Gasteiger partial charge on any atom is 0.248 e. The molecule has 100 valence electrons. The fourth-order valence-electron chi connectivity index (χ4n) is 1.93. The first-order valence-electron chi connectivity index (χ1n) is 6.06. The number of hydrogen-bond donors (Lipinski definition) is 1. The van der Waals surface area contributed by atoms with Crippen LogP contribution in [0.25, 0.3) is 0 Å². The summed E-state index contributed by atoms with van der Waals surface area (Å²) in [5.74, 6) is -0.141. The van der Waals surface area contributed by atoms with E-state index < -0.39 is 0 Å². The lowest BCUT2D eigenvalue weighted by atomic mass is 10.1. The van der Waals surface area contributed by atoms with Crippen molar-refractivity contribution in [2.75, 3.05) is 5.32 Å². The van der Waals surface area contributed by atoms with E-state index >= 15 is 0 Å². The fourth-order valence-corrected chi connectivity index (χ4v) is 2.30. The van der Waals surface area contributed by atoms with Crippen LogP contribution in [0.4, 0.5) is 5.69 Å². The monoisotopic (exact) mass is 277 g/mol. The van der Waals surface area contributed by atoms with Gasteiger partial charge < -0.3 is 5.32 Å². The van der Waals surface area contributed by atoms with Crippen molar-refractivity contribution in [3.63, 3.8) is 0 Å². The Morgan fingerprint density at radius 2 is 2.16 bits per heavy atom. The Morgan fingerprint density at radius 3 is 2.74 bits per heavy atom. The van der Waals surface area contributed by atoms with E-state index in [0.29, 0.717) is 10.7 Å². The number of nitrogens with zero attached hydrogens (tertiary/aromatic N) is 2. The normalized spacial score (nSPS) is 12.2. The van der Waals surface area contributed by atoms with Crippen molar-refractivity contribution in [3.05, 3.63) is 46.7 Å². The minimum absolute atomic E-state index is 0.141. The molecule has 1 aromatic carbocycles. The summed E-state index contributed by atoms with van der Waals surface area (Å²) < 4.78 is 1.60. The standard InChI is InChI=1S/C14H16ClN3O/c1-9-7-10(2)13(12(15)8-9)17-14(19)11(3)18-6-4-5-16-18/h4-8,11H,1-3H3,(H,17,19). The zero-order valence-corrected chi connectivity index (χ0v) is 11.9. The Labute approximate surface area is 117 Å². The molecule has 0 aliphatic heterocycles. The molecule has 0 fully saturated rings. The summed E-state index contributed by atoms with van der Waals surface area (Å²) in [5, 5.41) is 7.48. The average Bonchev–Trinajstić information content (AvgIpc) is 2.86. The first-order chi connectivity index (χ1) is 8.99. The number of carbonyl (C=O) groups excluding carboxylic acids is 1. The van der Waals surface area contributed by atoms with Gasteiger partial charge in [-0.05, 0) is 44.0 Å². The summed E-state index contributed by atoms with van der Waals surface area (Å²) >= 11 is 6.17. The van der Waals surface area contributed by atoms with Gasteiger partial charge in [0.15, 0.2) is 0 Å². The van der Waals surface area contributed by atoms with E-state index in [2.05, 4.69) is 10.4 Å². The lowest BCUT2D eigenvalue weighted by molar-refractivity contribution is -0.119. The molecule has 0 spiro atoms. The molecule has 1 unspecified atom stereocenters. The third kappa shape index (κ3) is 2.96. The molecule has 1 atom stereocenters. The molecule has 5 heteroatoms. The van der Waals surface area contributed by atoms with E-state index in [-0.39, 0.29) is 11.9 Å². The van der Waals surface area contributed by atoms with Crippen LogP contribution in [-0.2, 0) is 4.79 Å². The van der Waals surface area contributed by atoms with Crippen LogP contribution >= 0.6 is 11.6 Å². The molecule has 1 amide bonds. The van der Waals surface area contributed by atoms with E-state index in [4.69, 9.17) is 11.6 Å². The summed E-state index contributed by atoms with van der Waals surface area (Å²) in [6, 6.07) is 5.23. The van der Waals surface area contributed by atoms with Gasteiger partial charge in [0.25, 0.3) is 0 Å². The Balaban J connectivity index is 2.20. The third-order valence-electron chi connectivity index (χ3n) is 2.98. The van der Waals surface area contributed by atoms with Crippen LogP contribution in [-0.4, -0.2) is 15.7 Å². The van der Waals surface area contributed by atoms with Crippen LogP contribution < -0.4 is 5.32 Å². The number of rotatable bonds is 3. The van der Waals surface area contributed by atoms with Gasteiger partial charge in [0, 0.05) is 12.4 Å². The molecule has 1 heterocycles. The number of halogens is 1. The summed E-state index contributed by atoms with van der Waals surface area (Å²) in [6.07, 6.45) is 3.40. The molecule has 2 rings (SSSR count). The largest absolute Gasteiger partial charge is 0.323 e. The summed E-state index contributed by atoms with van der Waals surface area (Å²) in [6.45, 7) is 5.68. The van der Waals surface area contributed by atoms with Crippen molar-refractivity contribution in [2.24, 2.45) is 0 Å². The molecule has 0 bridgehead atoms. The maximum absolute atomic E-state index is 12.2. The van der Waals surface area contributed by atoms with Gasteiger partial charge in [-0.25, -0.2) is 0 Å². The van der Waals surface area contributed by atoms with Crippen LogP contribution in [0.2, 0.25) is 5.02 Å². The van der Waals surface area contributed by atoms with Crippen molar-refractivity contribution in [3.8, 4) is 0 Å². The summed E-state index contributed by atoms with van der Waals surface area (Å²) in [5.41, 5.74) is 2.68. The number of benzene rings is 1. The Hall–Kier alpha value is -1.81. The average molecular weight is 278 g/mol. The van der Waals surface area contributed by atoms with Gasteiger partial charge in [-0.1, -0.05) is 17.7 Å². The van der Waals surface area contributed by atoms with Crippen LogP contribution in [0.1, 0.15) is 24.1 Å². The molecule has 1 aromatic heterocycles. The van der Waals surface area contributed by atoms with E-state index in [0.717, 1.165) is 11.1 Å². The van der Waals surface area contributed by atoms with E-state index in [9.17, 15) is 4.79 Å². The highest BCUT2D eigenvalue weighted by atomic mass is 35.5. The number of amides is 1. The first kappa shape index (κ1) is 13.6.